The summed E-state index contributed by atoms with van der Waals surface area (Å²) in [4.78, 5) is 40.8. The van der Waals surface area contributed by atoms with Crippen molar-refractivity contribution < 1.29 is 91.1 Å². The summed E-state index contributed by atoms with van der Waals surface area (Å²) in [5.74, 6) is -0.989. The van der Waals surface area contributed by atoms with Gasteiger partial charge in [-0.1, -0.05) is 0 Å². The van der Waals surface area contributed by atoms with Crippen LogP contribution in [0.1, 0.15) is 27.2 Å². The minimum absolute atomic E-state index is 0.150. The Morgan fingerprint density at radius 1 is 0.929 bits per heavy atom. The van der Waals surface area contributed by atoms with Crippen molar-refractivity contribution in [3.8, 4) is 11.5 Å². The average Bonchev–Trinajstić information content (AvgIpc) is 2.51. The molecular weight excluding hydrogens is 771 g/mol. The van der Waals surface area contributed by atoms with Gasteiger partial charge in [-0.25, -0.2) is 0 Å². The maximum absolute atomic E-state index is 11.8. The van der Waals surface area contributed by atoms with Crippen molar-refractivity contribution in [2.45, 2.75) is 27.2 Å². The number of methoxy groups -OCH3 is 2. The Labute approximate surface area is 200 Å². The van der Waals surface area contributed by atoms with Gasteiger partial charge < -0.3 is 10.2 Å². The third kappa shape index (κ3) is 11.8. The van der Waals surface area contributed by atoms with Crippen LogP contribution in [-0.2, 0) is 71.4 Å². The molecule has 0 atom stereocenters. The number of halogens is 1. The fourth-order valence-electron chi connectivity index (χ4n) is 1.75. The van der Waals surface area contributed by atoms with Crippen LogP contribution in [0.15, 0.2) is 0 Å². The molecule has 0 saturated carbocycles. The Kier molecular flexibility index (Phi) is 15.6. The van der Waals surface area contributed by atoms with Crippen molar-refractivity contribution in [1.29, 1.82) is 0 Å². The summed E-state index contributed by atoms with van der Waals surface area (Å²) in [6, 6.07) is 0. The zero-order chi connectivity index (χ0) is 22.6. The van der Waals surface area contributed by atoms with E-state index in [0.29, 0.717) is 22.2 Å². The van der Waals surface area contributed by atoms with Crippen LogP contribution in [0.25, 0.3) is 0 Å². The van der Waals surface area contributed by atoms with Crippen molar-refractivity contribution in [2.24, 2.45) is 0 Å². The molecule has 9 nitrogen and oxygen atoms in total. The number of Topliss-reactive ketones (excluding diaryl/α,β-unsaturated/α-hetero) is 1. The van der Waals surface area contributed by atoms with Gasteiger partial charge in [0, 0.05) is 13.8 Å². The second-order valence-electron chi connectivity index (χ2n) is 5.18. The van der Waals surface area contributed by atoms with Crippen molar-refractivity contribution >= 4 is 47.1 Å². The van der Waals surface area contributed by atoms with Gasteiger partial charge in [-0.05, 0) is 0 Å². The van der Waals surface area contributed by atoms with Gasteiger partial charge >= 0.3 is 156 Å². The van der Waals surface area contributed by atoms with E-state index in [1.54, 1.807) is 14.2 Å². The number of benzene rings is 1. The Hall–Kier alpha value is -0.940. The molecule has 0 unspecified atom stereocenters. The Balaban J connectivity index is 0. The SMILES string of the molecule is CC(=O)O.CC(=O)O.COc1c(Cl)[c]([Hg])c(OC)c(NC(=O)CC(C)=O)[c]1[Hg]. The molecule has 0 saturated heterocycles. The molecule has 0 heterocycles. The summed E-state index contributed by atoms with van der Waals surface area (Å²) >= 11 is 6.64. The van der Waals surface area contributed by atoms with E-state index in [9.17, 15) is 9.59 Å². The van der Waals surface area contributed by atoms with Gasteiger partial charge in [0.2, 0.25) is 0 Å². The summed E-state index contributed by atoms with van der Waals surface area (Å²) in [6.07, 6.45) is -0.150. The first-order valence-corrected chi connectivity index (χ1v) is 13.5. The normalized spacial score (nSPS) is 9.07. The standard InChI is InChI=1S/C12H12ClNO4.2C2H4O2.2Hg/c1-7(15)4-12(16)14-9-6-10(17-2)8(13)5-11(9)18-3;2*1-2(3)4;;/h4H2,1-3H3,(H,14,16);2*1H3,(H,3,4);;. The first-order valence-electron chi connectivity index (χ1n) is 7.59. The number of carboxylic acids is 2. The van der Waals surface area contributed by atoms with E-state index in [0.717, 1.165) is 20.0 Å². The second kappa shape index (κ2) is 15.0. The van der Waals surface area contributed by atoms with Crippen LogP contribution >= 0.6 is 11.6 Å². The van der Waals surface area contributed by atoms with Crippen molar-refractivity contribution in [3.63, 3.8) is 0 Å². The molecule has 28 heavy (non-hydrogen) atoms. The van der Waals surface area contributed by atoms with Gasteiger partial charge in [-0.2, -0.15) is 0 Å². The van der Waals surface area contributed by atoms with Crippen LogP contribution in [0, 0.1) is 0 Å². The van der Waals surface area contributed by atoms with Crippen molar-refractivity contribution in [3.05, 3.63) is 5.02 Å². The second-order valence-corrected chi connectivity index (χ2v) is 11.1. The van der Waals surface area contributed by atoms with E-state index < -0.39 is 11.9 Å². The van der Waals surface area contributed by atoms with Gasteiger partial charge in [-0.3, -0.25) is 9.59 Å². The van der Waals surface area contributed by atoms with Crippen LogP contribution in [0.4, 0.5) is 5.69 Å². The molecule has 1 aromatic rings. The number of carbonyl (C=O) groups excluding carboxylic acids is 2. The number of ketones is 1. The molecule has 1 amide bonds. The number of anilines is 1. The molecule has 0 aromatic heterocycles. The number of hydrogen-bond donors (Lipinski definition) is 3. The third-order valence-electron chi connectivity index (χ3n) is 2.62. The zero-order valence-electron chi connectivity index (χ0n) is 16.3. The predicted molar refractivity (Wildman–Crippen MR) is 94.4 cm³/mol. The molecule has 0 bridgehead atoms. The fourth-order valence-corrected chi connectivity index (χ4v) is 6.55. The number of aliphatic carboxylic acids is 2. The van der Waals surface area contributed by atoms with E-state index >= 15 is 0 Å². The Morgan fingerprint density at radius 2 is 1.32 bits per heavy atom. The first kappa shape index (κ1) is 29.3. The van der Waals surface area contributed by atoms with Gasteiger partial charge in [0.15, 0.2) is 0 Å². The molecule has 3 N–H and O–H groups in total. The van der Waals surface area contributed by atoms with Crippen LogP contribution in [0.5, 0.6) is 11.5 Å². The molecule has 0 aliphatic carbocycles. The molecule has 0 spiro atoms. The van der Waals surface area contributed by atoms with E-state index in [1.807, 2.05) is 0 Å². The van der Waals surface area contributed by atoms with Gasteiger partial charge in [0.05, 0.1) is 0 Å². The quantitative estimate of drug-likeness (QED) is 0.295. The minimum atomic E-state index is -0.833. The number of ether oxygens (including phenoxy) is 2. The number of carbonyl (C=O) groups is 4. The number of nitrogens with one attached hydrogen (secondary N) is 1. The van der Waals surface area contributed by atoms with E-state index in [-0.39, 0.29) is 70.4 Å². The fraction of sp³-hybridized carbons (Fsp3) is 0.375. The van der Waals surface area contributed by atoms with Crippen LogP contribution in [-0.4, -0.2) is 48.1 Å². The molecule has 1 rings (SSSR count). The third-order valence-corrected chi connectivity index (χ3v) is 9.14. The van der Waals surface area contributed by atoms with E-state index in [4.69, 9.17) is 40.9 Å². The maximum atomic E-state index is 11.8. The summed E-state index contributed by atoms with van der Waals surface area (Å²) in [5, 5.41) is 18.2. The number of amides is 1. The number of hydrogen-bond acceptors (Lipinski definition) is 6. The molecule has 0 fully saturated rings. The molecule has 1 aromatic carbocycles. The van der Waals surface area contributed by atoms with Crippen LogP contribution in [0.3, 0.4) is 0 Å². The number of rotatable bonds is 5. The van der Waals surface area contributed by atoms with Crippen LogP contribution < -0.4 is 20.9 Å². The molecule has 0 radical (unpaired) electrons. The van der Waals surface area contributed by atoms with Crippen LogP contribution in [0.2, 0.25) is 5.02 Å². The molecular formula is C16H20ClHg2NO8. The molecule has 148 valence electrons. The molecule has 12 heteroatoms. The van der Waals surface area contributed by atoms with Gasteiger partial charge in [0.25, 0.3) is 11.9 Å². The first-order chi connectivity index (χ1) is 12.8. The van der Waals surface area contributed by atoms with Gasteiger partial charge in [-0.15, -0.1) is 0 Å². The molecule has 0 aliphatic heterocycles. The monoisotopic (exact) mass is 793 g/mol. The summed E-state index contributed by atoms with van der Waals surface area (Å²) in [5.41, 5.74) is 0.605. The van der Waals surface area contributed by atoms with E-state index in [1.165, 1.54) is 6.92 Å². The Morgan fingerprint density at radius 3 is 1.64 bits per heavy atom. The van der Waals surface area contributed by atoms with E-state index in [2.05, 4.69) is 5.32 Å². The van der Waals surface area contributed by atoms with Gasteiger partial charge in [0.1, 0.15) is 0 Å². The Bertz CT molecular complexity index is 720. The zero-order valence-corrected chi connectivity index (χ0v) is 28.1. The summed E-state index contributed by atoms with van der Waals surface area (Å²) in [7, 11) is 3.10. The summed E-state index contributed by atoms with van der Waals surface area (Å²) in [6.45, 7) is 3.55. The van der Waals surface area contributed by atoms with Crippen molar-refractivity contribution in [1.82, 2.24) is 0 Å². The summed E-state index contributed by atoms with van der Waals surface area (Å²) < 4.78 is 12.5. The van der Waals surface area contributed by atoms with Crippen molar-refractivity contribution in [2.75, 3.05) is 19.5 Å². The predicted octanol–water partition coefficient (Wildman–Crippen LogP) is 0.801. The molecule has 0 aliphatic rings. The number of carboxylic acid groups (broad SMARTS) is 2. The average molecular weight is 791 g/mol. The topological polar surface area (TPSA) is 139 Å².